The van der Waals surface area contributed by atoms with Crippen molar-refractivity contribution in [1.82, 2.24) is 0 Å². The summed E-state index contributed by atoms with van der Waals surface area (Å²) in [4.78, 5) is 7.17. The van der Waals surface area contributed by atoms with Gasteiger partial charge in [0, 0.05) is 56.3 Å². The van der Waals surface area contributed by atoms with Crippen LogP contribution in [0.2, 0.25) is 0 Å². The molecule has 0 aliphatic carbocycles. The van der Waals surface area contributed by atoms with E-state index in [1.165, 1.54) is 50.5 Å². The van der Waals surface area contributed by atoms with Crippen LogP contribution in [-0.4, -0.2) is 39.3 Å². The fourth-order valence-electron chi connectivity index (χ4n) is 5.82. The maximum absolute atomic E-state index is 2.39. The maximum atomic E-state index is 2.39. The number of rotatable bonds is 14. The minimum atomic E-state index is 1.00. The molecule has 0 aliphatic heterocycles. The summed E-state index contributed by atoms with van der Waals surface area (Å²) in [6.07, 6.45) is 4.60. The second-order valence-electron chi connectivity index (χ2n) is 10.7. The van der Waals surface area contributed by atoms with Crippen LogP contribution in [0.25, 0.3) is 11.1 Å². The molecule has 0 amide bonds. The van der Waals surface area contributed by atoms with Crippen LogP contribution in [0.1, 0.15) is 63.8 Å². The third kappa shape index (κ3) is 7.78. The minimum Gasteiger partial charge on any atom is -0.372 e. The lowest BCUT2D eigenvalue weighted by Gasteiger charge is -2.22. The third-order valence-electron chi connectivity index (χ3n) is 8.42. The van der Waals surface area contributed by atoms with Gasteiger partial charge in [-0.2, -0.15) is 0 Å². The minimum absolute atomic E-state index is 1.00. The molecular weight excluding hydrogens is 522 g/mol. The molecule has 4 aromatic rings. The summed E-state index contributed by atoms with van der Waals surface area (Å²) in [5, 5.41) is 0. The van der Waals surface area contributed by atoms with Crippen molar-refractivity contribution in [3.8, 4) is 0 Å². The number of anilines is 3. The second-order valence-corrected chi connectivity index (χ2v) is 10.7. The zero-order valence-corrected chi connectivity index (χ0v) is 27.1. The van der Waals surface area contributed by atoms with Crippen LogP contribution in [0.3, 0.4) is 0 Å². The summed E-state index contributed by atoms with van der Waals surface area (Å²) in [5.41, 5.74) is 11.1. The topological polar surface area (TPSA) is 9.72 Å². The highest BCUT2D eigenvalue weighted by atomic mass is 15.1. The first-order valence-electron chi connectivity index (χ1n) is 16.1. The predicted octanol–water partition coefficient (Wildman–Crippen LogP) is 9.79. The van der Waals surface area contributed by atoms with Gasteiger partial charge >= 0.3 is 0 Å². The molecule has 3 heteroatoms. The van der Waals surface area contributed by atoms with Crippen LogP contribution >= 0.6 is 0 Å². The Kier molecular flexibility index (Phi) is 11.7. The van der Waals surface area contributed by atoms with Crippen molar-refractivity contribution >= 4 is 28.2 Å². The number of nitrogens with zero attached hydrogens (tertiary/aromatic N) is 3. The van der Waals surface area contributed by atoms with Gasteiger partial charge in [-0.15, -0.1) is 0 Å². The molecule has 0 bridgehead atoms. The van der Waals surface area contributed by atoms with E-state index in [0.717, 1.165) is 39.3 Å². The molecule has 4 rings (SSSR count). The Morgan fingerprint density at radius 3 is 0.884 bits per heavy atom. The van der Waals surface area contributed by atoms with Crippen molar-refractivity contribution in [2.45, 2.75) is 41.5 Å². The Bertz CT molecular complexity index is 1380. The first kappa shape index (κ1) is 31.7. The van der Waals surface area contributed by atoms with E-state index in [4.69, 9.17) is 0 Å². The fraction of sp³-hybridized carbons (Fsp3) is 0.300. The molecule has 4 aromatic carbocycles. The lowest BCUT2D eigenvalue weighted by atomic mass is 9.93. The molecule has 0 radical (unpaired) electrons. The van der Waals surface area contributed by atoms with Crippen LogP contribution in [0.4, 0.5) is 17.1 Å². The van der Waals surface area contributed by atoms with Crippen molar-refractivity contribution in [1.29, 1.82) is 0 Å². The Hall–Kier alpha value is -4.24. The summed E-state index contributed by atoms with van der Waals surface area (Å²) in [5.74, 6) is 0. The lowest BCUT2D eigenvalue weighted by molar-refractivity contribution is 0.866. The molecule has 43 heavy (non-hydrogen) atoms. The van der Waals surface area contributed by atoms with Crippen LogP contribution < -0.4 is 14.7 Å². The van der Waals surface area contributed by atoms with Gasteiger partial charge in [0.25, 0.3) is 0 Å². The van der Waals surface area contributed by atoms with Crippen LogP contribution in [0.15, 0.2) is 115 Å². The average Bonchev–Trinajstić information content (AvgIpc) is 3.07. The SMILES string of the molecule is CCN(CC)c1ccc(C(=C/C=C(\c2ccccc2)c2ccc(N(CC)CC)cc2)c2ccc(N(CC)CC)cc2)cc1. The molecule has 0 N–H and O–H groups in total. The van der Waals surface area contributed by atoms with E-state index < -0.39 is 0 Å². The van der Waals surface area contributed by atoms with Crippen LogP contribution in [0.5, 0.6) is 0 Å². The Morgan fingerprint density at radius 2 is 0.628 bits per heavy atom. The molecule has 0 aliphatic rings. The molecule has 0 fully saturated rings. The van der Waals surface area contributed by atoms with Crippen molar-refractivity contribution in [3.63, 3.8) is 0 Å². The van der Waals surface area contributed by atoms with Gasteiger partial charge in [0.2, 0.25) is 0 Å². The van der Waals surface area contributed by atoms with Crippen LogP contribution in [0, 0.1) is 0 Å². The van der Waals surface area contributed by atoms with E-state index >= 15 is 0 Å². The van der Waals surface area contributed by atoms with E-state index in [1.54, 1.807) is 0 Å². The molecule has 0 aromatic heterocycles. The van der Waals surface area contributed by atoms with Crippen molar-refractivity contribution in [2.24, 2.45) is 0 Å². The highest BCUT2D eigenvalue weighted by molar-refractivity contribution is 5.87. The van der Waals surface area contributed by atoms with Gasteiger partial charge in [-0.3, -0.25) is 0 Å². The molecule has 0 saturated carbocycles. The largest absolute Gasteiger partial charge is 0.372 e. The molecule has 0 atom stereocenters. The summed E-state index contributed by atoms with van der Waals surface area (Å²) in [7, 11) is 0. The first-order valence-corrected chi connectivity index (χ1v) is 16.1. The van der Waals surface area contributed by atoms with Gasteiger partial charge < -0.3 is 14.7 Å². The normalized spacial score (nSPS) is 11.3. The molecule has 0 heterocycles. The summed E-state index contributed by atoms with van der Waals surface area (Å²) >= 11 is 0. The van der Waals surface area contributed by atoms with Gasteiger partial charge in [0.05, 0.1) is 0 Å². The van der Waals surface area contributed by atoms with E-state index in [2.05, 4.69) is 172 Å². The Morgan fingerprint density at radius 1 is 0.372 bits per heavy atom. The average molecular weight is 572 g/mol. The Balaban J connectivity index is 1.83. The van der Waals surface area contributed by atoms with E-state index in [9.17, 15) is 0 Å². The van der Waals surface area contributed by atoms with Crippen molar-refractivity contribution in [2.75, 3.05) is 54.0 Å². The zero-order chi connectivity index (χ0) is 30.6. The summed E-state index contributed by atoms with van der Waals surface area (Å²) < 4.78 is 0. The molecule has 0 spiro atoms. The van der Waals surface area contributed by atoms with Crippen molar-refractivity contribution < 1.29 is 0 Å². The van der Waals surface area contributed by atoms with Gasteiger partial charge in [-0.25, -0.2) is 0 Å². The maximum Gasteiger partial charge on any atom is 0.0366 e. The molecular formula is C40H49N3. The zero-order valence-electron chi connectivity index (χ0n) is 27.1. The van der Waals surface area contributed by atoms with Crippen LogP contribution in [-0.2, 0) is 0 Å². The van der Waals surface area contributed by atoms with E-state index in [-0.39, 0.29) is 0 Å². The number of allylic oxidation sites excluding steroid dienone is 2. The highest BCUT2D eigenvalue weighted by Crippen LogP contribution is 2.31. The van der Waals surface area contributed by atoms with E-state index in [0.29, 0.717) is 0 Å². The lowest BCUT2D eigenvalue weighted by Crippen LogP contribution is -2.21. The number of benzene rings is 4. The van der Waals surface area contributed by atoms with Gasteiger partial charge in [0.1, 0.15) is 0 Å². The molecule has 0 unspecified atom stereocenters. The van der Waals surface area contributed by atoms with Gasteiger partial charge in [0.15, 0.2) is 0 Å². The quantitative estimate of drug-likeness (QED) is 0.139. The standard InChI is InChI=1S/C40H49N3/c1-7-41(8-2)36-24-18-33(19-25-36)39(32-16-14-13-15-17-32)30-31-40(34-20-26-37(27-21-34)42(9-3)10-4)35-22-28-38(29-23-35)43(11-5)12-6/h13-31H,7-12H2,1-6H3/b39-30+. The highest BCUT2D eigenvalue weighted by Gasteiger charge is 2.11. The van der Waals surface area contributed by atoms with Gasteiger partial charge in [-0.05, 0) is 111 Å². The number of hydrogen-bond donors (Lipinski definition) is 0. The van der Waals surface area contributed by atoms with Gasteiger partial charge in [-0.1, -0.05) is 78.9 Å². The molecule has 224 valence electrons. The smallest absolute Gasteiger partial charge is 0.0366 e. The molecule has 0 saturated heterocycles. The third-order valence-corrected chi connectivity index (χ3v) is 8.42. The Labute approximate surface area is 260 Å². The van der Waals surface area contributed by atoms with E-state index in [1.807, 2.05) is 0 Å². The monoisotopic (exact) mass is 571 g/mol. The second kappa shape index (κ2) is 15.8. The fourth-order valence-corrected chi connectivity index (χ4v) is 5.82. The molecule has 3 nitrogen and oxygen atoms in total. The van der Waals surface area contributed by atoms with Crippen molar-refractivity contribution in [3.05, 3.63) is 138 Å². The number of hydrogen-bond acceptors (Lipinski definition) is 3. The summed E-state index contributed by atoms with van der Waals surface area (Å²) in [6, 6.07) is 37.9. The first-order chi connectivity index (χ1) is 21.1. The summed E-state index contributed by atoms with van der Waals surface area (Å²) in [6.45, 7) is 19.3. The predicted molar refractivity (Wildman–Crippen MR) is 191 cm³/mol.